The molecule has 0 amide bonds. The van der Waals surface area contributed by atoms with Gasteiger partial charge in [0.25, 0.3) is 0 Å². The molecule has 112 valence electrons. The monoisotopic (exact) mass is 287 g/mol. The quantitative estimate of drug-likeness (QED) is 0.884. The number of nitrogens with one attached hydrogen (secondary N) is 1. The van der Waals surface area contributed by atoms with E-state index in [4.69, 9.17) is 9.47 Å². The fourth-order valence-corrected chi connectivity index (χ4v) is 2.58. The number of likely N-dealkylation sites (N-methyl/N-ethyl adjacent to an activating group) is 1. The number of ether oxygens (including phenoxy) is 2. The van der Waals surface area contributed by atoms with Gasteiger partial charge in [0.1, 0.15) is 18.1 Å². The van der Waals surface area contributed by atoms with Crippen LogP contribution >= 0.6 is 0 Å². The molecule has 0 fully saturated rings. The highest BCUT2D eigenvalue weighted by molar-refractivity contribution is 5.45. The van der Waals surface area contributed by atoms with E-state index in [1.54, 1.807) is 4.68 Å². The number of rotatable bonds is 6. The molecule has 2 heterocycles. The van der Waals surface area contributed by atoms with Crippen molar-refractivity contribution < 1.29 is 9.47 Å². The number of hydrogen-bond acceptors (Lipinski definition) is 4. The van der Waals surface area contributed by atoms with Crippen molar-refractivity contribution in [2.75, 3.05) is 19.8 Å². The van der Waals surface area contributed by atoms with Gasteiger partial charge in [0.15, 0.2) is 0 Å². The summed E-state index contributed by atoms with van der Waals surface area (Å²) in [6, 6.07) is 6.39. The minimum Gasteiger partial charge on any atom is -0.493 e. The van der Waals surface area contributed by atoms with Crippen LogP contribution in [-0.4, -0.2) is 29.5 Å². The molecule has 0 saturated heterocycles. The Kier molecular flexibility index (Phi) is 4.10. The SMILES string of the molecule is CCNC1COc2cc(OCCc3cnn(C)c3)ccc21. The van der Waals surface area contributed by atoms with Gasteiger partial charge in [0.2, 0.25) is 0 Å². The third-order valence-corrected chi connectivity index (χ3v) is 3.63. The summed E-state index contributed by atoms with van der Waals surface area (Å²) in [6.45, 7) is 4.38. The van der Waals surface area contributed by atoms with Crippen LogP contribution in [-0.2, 0) is 13.5 Å². The average Bonchev–Trinajstić information content (AvgIpc) is 3.06. The van der Waals surface area contributed by atoms with Crippen LogP contribution in [0.15, 0.2) is 30.6 Å². The number of nitrogens with zero attached hydrogens (tertiary/aromatic N) is 2. The molecule has 1 unspecified atom stereocenters. The Balaban J connectivity index is 1.57. The molecule has 0 aliphatic carbocycles. The molecule has 21 heavy (non-hydrogen) atoms. The second-order valence-corrected chi connectivity index (χ2v) is 5.24. The zero-order valence-electron chi connectivity index (χ0n) is 12.5. The van der Waals surface area contributed by atoms with E-state index in [1.165, 1.54) is 11.1 Å². The van der Waals surface area contributed by atoms with Crippen LogP contribution in [0.3, 0.4) is 0 Å². The molecule has 2 aromatic rings. The molecule has 1 aromatic carbocycles. The second-order valence-electron chi connectivity index (χ2n) is 5.24. The summed E-state index contributed by atoms with van der Waals surface area (Å²) in [4.78, 5) is 0. The summed E-state index contributed by atoms with van der Waals surface area (Å²) in [5.74, 6) is 1.79. The Morgan fingerprint density at radius 3 is 3.14 bits per heavy atom. The van der Waals surface area contributed by atoms with E-state index in [2.05, 4.69) is 23.4 Å². The molecule has 1 aliphatic rings. The Morgan fingerprint density at radius 1 is 1.48 bits per heavy atom. The van der Waals surface area contributed by atoms with Gasteiger partial charge in [0.05, 0.1) is 18.8 Å². The smallest absolute Gasteiger partial charge is 0.127 e. The second kappa shape index (κ2) is 6.18. The number of fused-ring (bicyclic) bond motifs is 1. The predicted molar refractivity (Wildman–Crippen MR) is 80.8 cm³/mol. The third-order valence-electron chi connectivity index (χ3n) is 3.63. The lowest BCUT2D eigenvalue weighted by atomic mass is 10.1. The van der Waals surface area contributed by atoms with Crippen molar-refractivity contribution in [1.82, 2.24) is 15.1 Å². The summed E-state index contributed by atoms with van der Waals surface area (Å²) in [6.07, 6.45) is 4.73. The first kappa shape index (κ1) is 13.9. The zero-order chi connectivity index (χ0) is 14.7. The first-order chi connectivity index (χ1) is 10.3. The van der Waals surface area contributed by atoms with E-state index in [9.17, 15) is 0 Å². The minimum atomic E-state index is 0.300. The summed E-state index contributed by atoms with van der Waals surface area (Å²) in [5.41, 5.74) is 2.40. The van der Waals surface area contributed by atoms with E-state index in [0.717, 1.165) is 24.5 Å². The largest absolute Gasteiger partial charge is 0.493 e. The van der Waals surface area contributed by atoms with Gasteiger partial charge in [-0.1, -0.05) is 6.92 Å². The molecule has 1 atom stereocenters. The minimum absolute atomic E-state index is 0.300. The van der Waals surface area contributed by atoms with E-state index >= 15 is 0 Å². The lowest BCUT2D eigenvalue weighted by Crippen LogP contribution is -2.21. The first-order valence-corrected chi connectivity index (χ1v) is 7.36. The molecule has 1 aliphatic heterocycles. The zero-order valence-corrected chi connectivity index (χ0v) is 12.5. The van der Waals surface area contributed by atoms with Gasteiger partial charge in [-0.15, -0.1) is 0 Å². The fourth-order valence-electron chi connectivity index (χ4n) is 2.58. The van der Waals surface area contributed by atoms with Crippen LogP contribution in [0.2, 0.25) is 0 Å². The van der Waals surface area contributed by atoms with Crippen molar-refractivity contribution >= 4 is 0 Å². The number of benzene rings is 1. The molecular weight excluding hydrogens is 266 g/mol. The van der Waals surface area contributed by atoms with E-state index in [-0.39, 0.29) is 0 Å². The molecule has 0 saturated carbocycles. The van der Waals surface area contributed by atoms with Gasteiger partial charge in [0, 0.05) is 31.3 Å². The summed E-state index contributed by atoms with van der Waals surface area (Å²) in [7, 11) is 1.92. The maximum absolute atomic E-state index is 5.80. The lowest BCUT2D eigenvalue weighted by molar-refractivity contribution is 0.305. The molecule has 0 spiro atoms. The van der Waals surface area contributed by atoms with Crippen molar-refractivity contribution in [3.8, 4) is 11.5 Å². The maximum Gasteiger partial charge on any atom is 0.127 e. The first-order valence-electron chi connectivity index (χ1n) is 7.36. The molecular formula is C16H21N3O2. The van der Waals surface area contributed by atoms with E-state index in [0.29, 0.717) is 19.3 Å². The highest BCUT2D eigenvalue weighted by Gasteiger charge is 2.23. The van der Waals surface area contributed by atoms with Crippen molar-refractivity contribution in [2.45, 2.75) is 19.4 Å². The van der Waals surface area contributed by atoms with Crippen LogP contribution in [0.4, 0.5) is 0 Å². The number of aryl methyl sites for hydroxylation is 1. The topological polar surface area (TPSA) is 48.3 Å². The Hall–Kier alpha value is -2.01. The third kappa shape index (κ3) is 3.19. The molecule has 3 rings (SSSR count). The normalized spacial score (nSPS) is 16.6. The van der Waals surface area contributed by atoms with Gasteiger partial charge in [-0.05, 0) is 24.2 Å². The van der Waals surface area contributed by atoms with Crippen LogP contribution in [0.1, 0.15) is 24.1 Å². The number of hydrogen-bond donors (Lipinski definition) is 1. The number of aromatic nitrogens is 2. The van der Waals surface area contributed by atoms with Gasteiger partial charge in [-0.2, -0.15) is 5.10 Å². The van der Waals surface area contributed by atoms with Gasteiger partial charge in [-0.25, -0.2) is 0 Å². The van der Waals surface area contributed by atoms with Crippen molar-refractivity contribution in [2.24, 2.45) is 7.05 Å². The average molecular weight is 287 g/mol. The van der Waals surface area contributed by atoms with Crippen LogP contribution in [0, 0.1) is 0 Å². The van der Waals surface area contributed by atoms with E-state index < -0.39 is 0 Å². The van der Waals surface area contributed by atoms with Crippen LogP contribution < -0.4 is 14.8 Å². The van der Waals surface area contributed by atoms with Crippen molar-refractivity contribution in [1.29, 1.82) is 0 Å². The Morgan fingerprint density at radius 2 is 2.38 bits per heavy atom. The predicted octanol–water partition coefficient (Wildman–Crippen LogP) is 2.08. The highest BCUT2D eigenvalue weighted by Crippen LogP contribution is 2.35. The summed E-state index contributed by atoms with van der Waals surface area (Å²) in [5, 5.41) is 7.56. The highest BCUT2D eigenvalue weighted by atomic mass is 16.5. The molecule has 0 bridgehead atoms. The van der Waals surface area contributed by atoms with Crippen LogP contribution in [0.5, 0.6) is 11.5 Å². The van der Waals surface area contributed by atoms with Crippen molar-refractivity contribution in [3.05, 3.63) is 41.7 Å². The molecule has 5 heteroatoms. The fraction of sp³-hybridized carbons (Fsp3) is 0.438. The Bertz CT molecular complexity index is 609. The van der Waals surface area contributed by atoms with Gasteiger partial charge >= 0.3 is 0 Å². The van der Waals surface area contributed by atoms with Crippen molar-refractivity contribution in [3.63, 3.8) is 0 Å². The molecule has 1 N–H and O–H groups in total. The molecule has 5 nitrogen and oxygen atoms in total. The Labute approximate surface area is 124 Å². The van der Waals surface area contributed by atoms with Crippen LogP contribution in [0.25, 0.3) is 0 Å². The standard InChI is InChI=1S/C16H21N3O2/c1-3-17-15-11-21-16-8-13(4-5-14(15)16)20-7-6-12-9-18-19(2)10-12/h4-5,8-10,15,17H,3,6-7,11H2,1-2H3. The molecule has 0 radical (unpaired) electrons. The summed E-state index contributed by atoms with van der Waals surface area (Å²) < 4.78 is 13.3. The summed E-state index contributed by atoms with van der Waals surface area (Å²) >= 11 is 0. The molecule has 1 aromatic heterocycles. The van der Waals surface area contributed by atoms with E-state index in [1.807, 2.05) is 31.6 Å². The lowest BCUT2D eigenvalue weighted by Gasteiger charge is -2.10. The maximum atomic E-state index is 5.80. The van der Waals surface area contributed by atoms with Gasteiger partial charge < -0.3 is 14.8 Å². The van der Waals surface area contributed by atoms with Gasteiger partial charge in [-0.3, -0.25) is 4.68 Å².